The summed E-state index contributed by atoms with van der Waals surface area (Å²) in [6.45, 7) is 8.61. The monoisotopic (exact) mass is 282 g/mol. The van der Waals surface area contributed by atoms with Gasteiger partial charge in [0, 0.05) is 26.2 Å². The van der Waals surface area contributed by atoms with Crippen LogP contribution >= 0.6 is 11.8 Å². The molecule has 0 amide bonds. The maximum Gasteiger partial charge on any atom is 0.191 e. The highest BCUT2D eigenvalue weighted by atomic mass is 32.2. The third-order valence-electron chi connectivity index (χ3n) is 3.10. The minimum Gasteiger partial charge on any atom is -0.370 e. The predicted octanol–water partition coefficient (Wildman–Crippen LogP) is 3.50. The van der Waals surface area contributed by atoms with Gasteiger partial charge in [-0.15, -0.1) is 0 Å². The van der Waals surface area contributed by atoms with Crippen LogP contribution in [0.3, 0.4) is 0 Å². The molecular formula is C14H26N4S. The molecule has 108 valence electrons. The van der Waals surface area contributed by atoms with Gasteiger partial charge in [0.25, 0.3) is 0 Å². The molecule has 4 nitrogen and oxygen atoms in total. The first-order valence-electron chi connectivity index (χ1n) is 6.98. The smallest absolute Gasteiger partial charge is 0.191 e. The van der Waals surface area contributed by atoms with Crippen molar-refractivity contribution in [3.8, 4) is 0 Å². The van der Waals surface area contributed by atoms with Crippen molar-refractivity contribution in [3.05, 3.63) is 6.07 Å². The molecule has 0 aromatic carbocycles. The summed E-state index contributed by atoms with van der Waals surface area (Å²) in [7, 11) is 2.10. The van der Waals surface area contributed by atoms with Gasteiger partial charge in [0.05, 0.1) is 0 Å². The lowest BCUT2D eigenvalue weighted by Crippen LogP contribution is -2.25. The van der Waals surface area contributed by atoms with Crippen molar-refractivity contribution in [1.82, 2.24) is 9.97 Å². The Bertz CT molecular complexity index is 384. The molecule has 0 aliphatic rings. The van der Waals surface area contributed by atoms with E-state index in [0.717, 1.165) is 36.3 Å². The van der Waals surface area contributed by atoms with E-state index in [4.69, 9.17) is 0 Å². The van der Waals surface area contributed by atoms with Gasteiger partial charge < -0.3 is 10.2 Å². The van der Waals surface area contributed by atoms with E-state index in [1.54, 1.807) is 11.8 Å². The summed E-state index contributed by atoms with van der Waals surface area (Å²) in [4.78, 5) is 11.3. The Labute approximate surface area is 121 Å². The van der Waals surface area contributed by atoms with Gasteiger partial charge in [0.2, 0.25) is 0 Å². The largest absolute Gasteiger partial charge is 0.370 e. The average molecular weight is 282 g/mol. The van der Waals surface area contributed by atoms with Crippen LogP contribution < -0.4 is 10.2 Å². The molecule has 0 aliphatic heterocycles. The molecule has 0 aliphatic carbocycles. The van der Waals surface area contributed by atoms with Crippen molar-refractivity contribution in [2.24, 2.45) is 5.92 Å². The van der Waals surface area contributed by atoms with Crippen molar-refractivity contribution < 1.29 is 0 Å². The minimum absolute atomic E-state index is 0.671. The second-order valence-corrected chi connectivity index (χ2v) is 5.69. The first-order chi connectivity index (χ1) is 9.10. The van der Waals surface area contributed by atoms with Crippen LogP contribution in [-0.4, -0.2) is 36.4 Å². The van der Waals surface area contributed by atoms with Crippen LogP contribution in [0.4, 0.5) is 11.6 Å². The Hall–Kier alpha value is -0.970. The third-order valence-corrected chi connectivity index (χ3v) is 3.65. The van der Waals surface area contributed by atoms with Crippen molar-refractivity contribution in [2.75, 3.05) is 36.6 Å². The summed E-state index contributed by atoms with van der Waals surface area (Å²) in [6.07, 6.45) is 4.29. The Morgan fingerprint density at radius 3 is 2.68 bits per heavy atom. The number of nitrogens with one attached hydrogen (secondary N) is 1. The molecule has 1 N–H and O–H groups in total. The molecule has 1 heterocycles. The van der Waals surface area contributed by atoms with Gasteiger partial charge in [-0.25, -0.2) is 9.97 Å². The Morgan fingerprint density at radius 1 is 1.37 bits per heavy atom. The highest BCUT2D eigenvalue weighted by Gasteiger charge is 2.10. The summed E-state index contributed by atoms with van der Waals surface area (Å²) in [5.74, 6) is 2.59. The van der Waals surface area contributed by atoms with Gasteiger partial charge in [0.1, 0.15) is 11.6 Å². The van der Waals surface area contributed by atoms with Gasteiger partial charge >= 0.3 is 0 Å². The molecule has 0 bridgehead atoms. The summed E-state index contributed by atoms with van der Waals surface area (Å²) in [5, 5.41) is 4.17. The molecule has 0 fully saturated rings. The molecule has 1 rings (SSSR count). The SMILES string of the molecule is CCCNc1cc(N(C)CC(C)CC)nc(SC)n1. The zero-order chi connectivity index (χ0) is 14.3. The average Bonchev–Trinajstić information content (AvgIpc) is 2.44. The first-order valence-corrected chi connectivity index (χ1v) is 8.21. The lowest BCUT2D eigenvalue weighted by molar-refractivity contribution is 0.556. The zero-order valence-corrected chi connectivity index (χ0v) is 13.5. The lowest BCUT2D eigenvalue weighted by Gasteiger charge is -2.22. The number of thioether (sulfide) groups is 1. The summed E-state index contributed by atoms with van der Waals surface area (Å²) >= 11 is 1.58. The van der Waals surface area contributed by atoms with Crippen LogP contribution in [-0.2, 0) is 0 Å². The number of aromatic nitrogens is 2. The summed E-state index contributed by atoms with van der Waals surface area (Å²) < 4.78 is 0. The van der Waals surface area contributed by atoms with Crippen LogP contribution in [0.25, 0.3) is 0 Å². The summed E-state index contributed by atoms with van der Waals surface area (Å²) in [6, 6.07) is 2.04. The first kappa shape index (κ1) is 16.1. The fourth-order valence-electron chi connectivity index (χ4n) is 1.73. The second-order valence-electron chi connectivity index (χ2n) is 4.92. The quantitative estimate of drug-likeness (QED) is 0.584. The standard InChI is InChI=1S/C14H26N4S/c1-6-8-15-12-9-13(17-14(16-12)19-5)18(4)10-11(3)7-2/h9,11H,6-8,10H2,1-5H3,(H,15,16,17). The predicted molar refractivity (Wildman–Crippen MR) is 85.3 cm³/mol. The van der Waals surface area contributed by atoms with Gasteiger partial charge in [-0.1, -0.05) is 39.0 Å². The lowest BCUT2D eigenvalue weighted by atomic mass is 10.1. The van der Waals surface area contributed by atoms with Crippen LogP contribution in [0, 0.1) is 5.92 Å². The van der Waals surface area contributed by atoms with Crippen LogP contribution in [0.5, 0.6) is 0 Å². The van der Waals surface area contributed by atoms with Crippen molar-refractivity contribution in [1.29, 1.82) is 0 Å². The third kappa shape index (κ3) is 5.27. The normalized spacial score (nSPS) is 12.3. The highest BCUT2D eigenvalue weighted by molar-refractivity contribution is 7.98. The topological polar surface area (TPSA) is 41.0 Å². The molecular weight excluding hydrogens is 256 g/mol. The van der Waals surface area contributed by atoms with E-state index in [9.17, 15) is 0 Å². The number of anilines is 2. The van der Waals surface area contributed by atoms with E-state index in [1.807, 2.05) is 12.3 Å². The van der Waals surface area contributed by atoms with Gasteiger partial charge in [-0.3, -0.25) is 0 Å². The summed E-state index contributed by atoms with van der Waals surface area (Å²) in [5.41, 5.74) is 0. The van der Waals surface area contributed by atoms with Gasteiger partial charge in [-0.2, -0.15) is 0 Å². The fraction of sp³-hybridized carbons (Fsp3) is 0.714. The second kappa shape index (κ2) is 8.25. The number of rotatable bonds is 8. The molecule has 1 atom stereocenters. The van der Waals surface area contributed by atoms with Crippen molar-refractivity contribution in [3.63, 3.8) is 0 Å². The van der Waals surface area contributed by atoms with E-state index in [1.165, 1.54) is 6.42 Å². The van der Waals surface area contributed by atoms with Crippen molar-refractivity contribution in [2.45, 2.75) is 38.8 Å². The minimum atomic E-state index is 0.671. The Balaban J connectivity index is 2.85. The number of nitrogens with zero attached hydrogens (tertiary/aromatic N) is 3. The molecule has 1 aromatic heterocycles. The van der Waals surface area contributed by atoms with E-state index in [0.29, 0.717) is 5.92 Å². The Morgan fingerprint density at radius 2 is 2.11 bits per heavy atom. The molecule has 1 unspecified atom stereocenters. The number of hydrogen-bond donors (Lipinski definition) is 1. The maximum absolute atomic E-state index is 4.59. The van der Waals surface area contributed by atoms with Gasteiger partial charge in [-0.05, 0) is 18.6 Å². The van der Waals surface area contributed by atoms with E-state index < -0.39 is 0 Å². The molecule has 19 heavy (non-hydrogen) atoms. The molecule has 5 heteroatoms. The van der Waals surface area contributed by atoms with Crippen LogP contribution in [0.2, 0.25) is 0 Å². The van der Waals surface area contributed by atoms with E-state index >= 15 is 0 Å². The molecule has 0 radical (unpaired) electrons. The fourth-order valence-corrected chi connectivity index (χ4v) is 2.11. The maximum atomic E-state index is 4.59. The van der Waals surface area contributed by atoms with Crippen LogP contribution in [0.1, 0.15) is 33.6 Å². The van der Waals surface area contributed by atoms with Crippen molar-refractivity contribution >= 4 is 23.4 Å². The molecule has 0 spiro atoms. The molecule has 1 aromatic rings. The Kier molecular flexibility index (Phi) is 6.99. The highest BCUT2D eigenvalue weighted by Crippen LogP contribution is 2.20. The van der Waals surface area contributed by atoms with E-state index in [-0.39, 0.29) is 0 Å². The zero-order valence-electron chi connectivity index (χ0n) is 12.7. The van der Waals surface area contributed by atoms with E-state index in [2.05, 4.69) is 48.0 Å². The molecule has 0 saturated carbocycles. The van der Waals surface area contributed by atoms with Crippen LogP contribution in [0.15, 0.2) is 11.2 Å². The molecule has 0 saturated heterocycles. The van der Waals surface area contributed by atoms with Gasteiger partial charge in [0.15, 0.2) is 5.16 Å². The number of hydrogen-bond acceptors (Lipinski definition) is 5.